The lowest BCUT2D eigenvalue weighted by Crippen LogP contribution is -2.54. The number of amides is 1. The Kier molecular flexibility index (Phi) is 6.56. The molecular weight excluding hydrogens is 338 g/mol. The molecule has 2 aliphatic heterocycles. The first-order valence-electron chi connectivity index (χ1n) is 10.3. The Bertz CT molecular complexity index is 625. The molecule has 2 heterocycles. The molecule has 0 bridgehead atoms. The van der Waals surface area contributed by atoms with Crippen LogP contribution in [-0.2, 0) is 6.42 Å². The van der Waals surface area contributed by atoms with E-state index < -0.39 is 5.60 Å². The summed E-state index contributed by atoms with van der Waals surface area (Å²) >= 11 is 0. The molecule has 150 valence electrons. The van der Waals surface area contributed by atoms with Crippen molar-refractivity contribution in [3.63, 3.8) is 0 Å². The van der Waals surface area contributed by atoms with E-state index in [4.69, 9.17) is 0 Å². The SMILES string of the molecule is CN1CCC(N2CCN(C(=O)c3cccc(CCC(C)(C)O)c3)CC2)CC1. The van der Waals surface area contributed by atoms with Crippen LogP contribution in [0.3, 0.4) is 0 Å². The summed E-state index contributed by atoms with van der Waals surface area (Å²) in [6.45, 7) is 9.62. The number of carbonyl (C=O) groups is 1. The molecular formula is C22H35N3O2. The van der Waals surface area contributed by atoms with Crippen LogP contribution >= 0.6 is 0 Å². The van der Waals surface area contributed by atoms with Gasteiger partial charge in [0.05, 0.1) is 5.60 Å². The van der Waals surface area contributed by atoms with E-state index in [1.807, 2.05) is 43.0 Å². The van der Waals surface area contributed by atoms with Crippen molar-refractivity contribution in [1.82, 2.24) is 14.7 Å². The molecule has 0 aromatic heterocycles. The van der Waals surface area contributed by atoms with Gasteiger partial charge in [0, 0.05) is 37.8 Å². The van der Waals surface area contributed by atoms with Gasteiger partial charge in [-0.2, -0.15) is 0 Å². The second-order valence-corrected chi connectivity index (χ2v) is 8.88. The first kappa shape index (κ1) is 20.3. The van der Waals surface area contributed by atoms with Crippen LogP contribution in [0.25, 0.3) is 0 Å². The highest BCUT2D eigenvalue weighted by molar-refractivity contribution is 5.94. The first-order chi connectivity index (χ1) is 12.8. The zero-order valence-electron chi connectivity index (χ0n) is 17.2. The van der Waals surface area contributed by atoms with Gasteiger partial charge in [0.25, 0.3) is 5.91 Å². The summed E-state index contributed by atoms with van der Waals surface area (Å²) in [4.78, 5) is 19.9. The molecule has 0 saturated carbocycles. The lowest BCUT2D eigenvalue weighted by atomic mass is 9.97. The van der Waals surface area contributed by atoms with Gasteiger partial charge in [0.2, 0.25) is 0 Å². The molecule has 2 saturated heterocycles. The number of carbonyl (C=O) groups excluding carboxylic acids is 1. The van der Waals surface area contributed by atoms with E-state index in [-0.39, 0.29) is 5.91 Å². The smallest absolute Gasteiger partial charge is 0.253 e. The summed E-state index contributed by atoms with van der Waals surface area (Å²) in [5, 5.41) is 9.93. The average Bonchev–Trinajstić information content (AvgIpc) is 2.66. The molecule has 1 N–H and O–H groups in total. The Morgan fingerprint density at radius 1 is 1.11 bits per heavy atom. The van der Waals surface area contributed by atoms with Gasteiger partial charge >= 0.3 is 0 Å². The van der Waals surface area contributed by atoms with Gasteiger partial charge in [-0.3, -0.25) is 9.69 Å². The molecule has 0 spiro atoms. The molecule has 0 radical (unpaired) electrons. The van der Waals surface area contributed by atoms with E-state index in [0.29, 0.717) is 12.5 Å². The fraction of sp³-hybridized carbons (Fsp3) is 0.682. The predicted octanol–water partition coefficient (Wildman–Crippen LogP) is 2.24. The number of rotatable bonds is 5. The van der Waals surface area contributed by atoms with E-state index in [2.05, 4.69) is 16.8 Å². The molecule has 0 unspecified atom stereocenters. The largest absolute Gasteiger partial charge is 0.390 e. The van der Waals surface area contributed by atoms with Gasteiger partial charge in [-0.15, -0.1) is 0 Å². The van der Waals surface area contributed by atoms with Gasteiger partial charge in [-0.1, -0.05) is 12.1 Å². The Morgan fingerprint density at radius 2 is 1.78 bits per heavy atom. The summed E-state index contributed by atoms with van der Waals surface area (Å²) in [7, 11) is 2.20. The Labute approximate surface area is 163 Å². The van der Waals surface area contributed by atoms with Crippen molar-refractivity contribution < 1.29 is 9.90 Å². The third-order valence-corrected chi connectivity index (χ3v) is 6.01. The maximum Gasteiger partial charge on any atom is 0.253 e. The standard InChI is InChI=1S/C22H35N3O2/c1-22(2,27)10-7-18-5-4-6-19(17-18)21(26)25-15-13-24(14-16-25)20-8-11-23(3)12-9-20/h4-6,17,20,27H,7-16H2,1-3H3. The van der Waals surface area contributed by atoms with Gasteiger partial charge in [0.15, 0.2) is 0 Å². The van der Waals surface area contributed by atoms with Crippen LogP contribution in [0.1, 0.15) is 49.0 Å². The van der Waals surface area contributed by atoms with Crippen molar-refractivity contribution >= 4 is 5.91 Å². The highest BCUT2D eigenvalue weighted by Crippen LogP contribution is 2.19. The minimum atomic E-state index is -0.676. The van der Waals surface area contributed by atoms with Crippen LogP contribution in [0.15, 0.2) is 24.3 Å². The van der Waals surface area contributed by atoms with Crippen LogP contribution in [-0.4, -0.2) is 83.7 Å². The highest BCUT2D eigenvalue weighted by Gasteiger charge is 2.28. The number of nitrogens with zero attached hydrogens (tertiary/aromatic N) is 3. The van der Waals surface area contributed by atoms with E-state index in [9.17, 15) is 9.90 Å². The lowest BCUT2D eigenvalue weighted by Gasteiger charge is -2.42. The van der Waals surface area contributed by atoms with E-state index in [1.165, 1.54) is 25.9 Å². The van der Waals surface area contributed by atoms with Crippen molar-refractivity contribution in [1.29, 1.82) is 0 Å². The molecule has 1 aromatic rings. The summed E-state index contributed by atoms with van der Waals surface area (Å²) in [5.41, 5.74) is 1.22. The number of piperidine rings is 1. The lowest BCUT2D eigenvalue weighted by molar-refractivity contribution is 0.0475. The van der Waals surface area contributed by atoms with Crippen LogP contribution in [0.2, 0.25) is 0 Å². The number of aryl methyl sites for hydroxylation is 1. The van der Waals surface area contributed by atoms with Crippen molar-refractivity contribution in [3.8, 4) is 0 Å². The number of hydrogen-bond acceptors (Lipinski definition) is 4. The quantitative estimate of drug-likeness (QED) is 0.860. The molecule has 5 heteroatoms. The fourth-order valence-electron chi connectivity index (χ4n) is 4.14. The molecule has 1 amide bonds. The third kappa shape index (κ3) is 5.77. The number of benzene rings is 1. The van der Waals surface area contributed by atoms with E-state index >= 15 is 0 Å². The fourth-order valence-corrected chi connectivity index (χ4v) is 4.14. The summed E-state index contributed by atoms with van der Waals surface area (Å²) in [6, 6.07) is 8.60. The summed E-state index contributed by atoms with van der Waals surface area (Å²) in [6.07, 6.45) is 3.97. The monoisotopic (exact) mass is 373 g/mol. The topological polar surface area (TPSA) is 47.0 Å². The van der Waals surface area contributed by atoms with Crippen molar-refractivity contribution in [3.05, 3.63) is 35.4 Å². The zero-order valence-corrected chi connectivity index (χ0v) is 17.2. The van der Waals surface area contributed by atoms with Gasteiger partial charge in [-0.05, 0) is 77.4 Å². The average molecular weight is 374 g/mol. The van der Waals surface area contributed by atoms with Crippen LogP contribution < -0.4 is 0 Å². The summed E-state index contributed by atoms with van der Waals surface area (Å²) < 4.78 is 0. The number of aliphatic hydroxyl groups is 1. The number of hydrogen-bond donors (Lipinski definition) is 1. The number of piperazine rings is 1. The van der Waals surface area contributed by atoms with Crippen LogP contribution in [0, 0.1) is 0 Å². The maximum absolute atomic E-state index is 12.9. The molecule has 1 aromatic carbocycles. The predicted molar refractivity (Wildman–Crippen MR) is 109 cm³/mol. The van der Waals surface area contributed by atoms with Crippen molar-refractivity contribution in [2.75, 3.05) is 46.3 Å². The Balaban J connectivity index is 1.53. The van der Waals surface area contributed by atoms with E-state index in [1.54, 1.807) is 0 Å². The minimum absolute atomic E-state index is 0.142. The van der Waals surface area contributed by atoms with Crippen molar-refractivity contribution in [2.45, 2.75) is 51.2 Å². The molecule has 3 rings (SSSR count). The second-order valence-electron chi connectivity index (χ2n) is 8.88. The minimum Gasteiger partial charge on any atom is -0.390 e. The molecule has 2 aliphatic rings. The molecule has 0 atom stereocenters. The van der Waals surface area contributed by atoms with E-state index in [0.717, 1.165) is 43.7 Å². The van der Waals surface area contributed by atoms with Crippen LogP contribution in [0.5, 0.6) is 0 Å². The van der Waals surface area contributed by atoms with Crippen molar-refractivity contribution in [2.24, 2.45) is 0 Å². The zero-order chi connectivity index (χ0) is 19.4. The van der Waals surface area contributed by atoms with Crippen LogP contribution in [0.4, 0.5) is 0 Å². The summed E-state index contributed by atoms with van der Waals surface area (Å²) in [5.74, 6) is 0.142. The highest BCUT2D eigenvalue weighted by atomic mass is 16.3. The Morgan fingerprint density at radius 3 is 2.41 bits per heavy atom. The van der Waals surface area contributed by atoms with Gasteiger partial charge in [0.1, 0.15) is 0 Å². The number of likely N-dealkylation sites (tertiary alicyclic amines) is 1. The molecule has 27 heavy (non-hydrogen) atoms. The Hall–Kier alpha value is -1.43. The second kappa shape index (κ2) is 8.72. The third-order valence-electron chi connectivity index (χ3n) is 6.01. The normalized spacial score (nSPS) is 20.8. The molecule has 2 fully saturated rings. The molecule has 5 nitrogen and oxygen atoms in total. The first-order valence-corrected chi connectivity index (χ1v) is 10.3. The molecule has 0 aliphatic carbocycles. The maximum atomic E-state index is 12.9. The van der Waals surface area contributed by atoms with Gasteiger partial charge < -0.3 is 14.9 Å². The van der Waals surface area contributed by atoms with Gasteiger partial charge in [-0.25, -0.2) is 0 Å².